The van der Waals surface area contributed by atoms with E-state index < -0.39 is 30.1 Å². The molecule has 0 radical (unpaired) electrons. The quantitative estimate of drug-likeness (QED) is 0.133. The summed E-state index contributed by atoms with van der Waals surface area (Å²) in [7, 11) is 1.63. The maximum absolute atomic E-state index is 13.0. The molecule has 0 unspecified atom stereocenters. The summed E-state index contributed by atoms with van der Waals surface area (Å²) in [5.74, 6) is -0.805. The highest BCUT2D eigenvalue weighted by atomic mass is 16.5. The van der Waals surface area contributed by atoms with Crippen LogP contribution in [0.2, 0.25) is 0 Å². The zero-order valence-corrected chi connectivity index (χ0v) is 21.9. The summed E-state index contributed by atoms with van der Waals surface area (Å²) >= 11 is 0. The molecule has 37 heavy (non-hydrogen) atoms. The van der Waals surface area contributed by atoms with Gasteiger partial charge >= 0.3 is 12.1 Å². The number of carbonyl (C=O) groups is 4. The van der Waals surface area contributed by atoms with Gasteiger partial charge in [-0.05, 0) is 57.9 Å². The molecule has 2 atom stereocenters. The van der Waals surface area contributed by atoms with Crippen LogP contribution in [0.5, 0.6) is 0 Å². The zero-order chi connectivity index (χ0) is 27.6. The predicted molar refractivity (Wildman–Crippen MR) is 141 cm³/mol. The molecule has 206 valence electrons. The number of rotatable bonds is 17. The summed E-state index contributed by atoms with van der Waals surface area (Å²) < 4.78 is 10.4. The SMILES string of the molecule is C=C(C)[C@H](NC)C(=O)N[C@@H](CCCNC(N)=O)C(=O)Nc1ccc(COC(=O)NCCCOCC)cc1. The van der Waals surface area contributed by atoms with Gasteiger partial charge in [0, 0.05) is 32.0 Å². The molecule has 0 heterocycles. The Kier molecular flexibility index (Phi) is 15.0. The fourth-order valence-corrected chi connectivity index (χ4v) is 3.27. The van der Waals surface area contributed by atoms with Crippen LogP contribution in [-0.4, -0.2) is 69.4 Å². The standard InChI is InChI=1S/C25H40N6O6/c1-5-36-15-7-14-29-25(35)37-16-18-9-11-19(12-10-18)30-22(32)20(8-6-13-28-24(26)34)31-23(33)21(27-4)17(2)3/h9-12,20-21,27H,2,5-8,13-16H2,1,3-4H3,(H,29,35)(H,30,32)(H,31,33)(H3,26,28,34)/t20-,21-/m0/s1. The highest BCUT2D eigenvalue weighted by molar-refractivity contribution is 5.98. The lowest BCUT2D eigenvalue weighted by atomic mass is 10.1. The normalized spacial score (nSPS) is 12.1. The molecule has 0 spiro atoms. The van der Waals surface area contributed by atoms with Crippen molar-refractivity contribution in [3.8, 4) is 0 Å². The van der Waals surface area contributed by atoms with Gasteiger partial charge in [0.2, 0.25) is 11.8 Å². The third kappa shape index (κ3) is 13.3. The van der Waals surface area contributed by atoms with Crippen molar-refractivity contribution in [3.05, 3.63) is 42.0 Å². The number of primary amides is 1. The van der Waals surface area contributed by atoms with Crippen LogP contribution in [0.1, 0.15) is 38.7 Å². The number of urea groups is 1. The van der Waals surface area contributed by atoms with Crippen LogP contribution in [0.25, 0.3) is 0 Å². The average Bonchev–Trinajstić information content (AvgIpc) is 2.85. The van der Waals surface area contributed by atoms with Crippen molar-refractivity contribution in [2.75, 3.05) is 38.7 Å². The van der Waals surface area contributed by atoms with Crippen LogP contribution in [0.15, 0.2) is 36.4 Å². The van der Waals surface area contributed by atoms with Crippen LogP contribution in [0.3, 0.4) is 0 Å². The van der Waals surface area contributed by atoms with E-state index in [9.17, 15) is 19.2 Å². The third-order valence-corrected chi connectivity index (χ3v) is 5.18. The Morgan fingerprint density at radius 1 is 1.03 bits per heavy atom. The first-order valence-electron chi connectivity index (χ1n) is 12.2. The molecule has 0 saturated carbocycles. The summed E-state index contributed by atoms with van der Waals surface area (Å²) in [4.78, 5) is 48.3. The van der Waals surface area contributed by atoms with E-state index in [4.69, 9.17) is 15.2 Å². The maximum Gasteiger partial charge on any atom is 0.407 e. The van der Waals surface area contributed by atoms with Gasteiger partial charge < -0.3 is 41.8 Å². The number of hydrogen-bond acceptors (Lipinski definition) is 7. The highest BCUT2D eigenvalue weighted by Gasteiger charge is 2.25. The van der Waals surface area contributed by atoms with Crippen molar-refractivity contribution < 1.29 is 28.7 Å². The molecule has 0 aliphatic heterocycles. The minimum atomic E-state index is -0.855. The number of carbonyl (C=O) groups excluding carboxylic acids is 4. The van der Waals surface area contributed by atoms with Gasteiger partial charge in [0.1, 0.15) is 18.7 Å². The maximum atomic E-state index is 13.0. The van der Waals surface area contributed by atoms with Crippen molar-refractivity contribution in [1.29, 1.82) is 0 Å². The van der Waals surface area contributed by atoms with Gasteiger partial charge in [-0.1, -0.05) is 24.3 Å². The topological polar surface area (TPSA) is 173 Å². The summed E-state index contributed by atoms with van der Waals surface area (Å²) in [6.07, 6.45) is 0.870. The molecular weight excluding hydrogens is 480 g/mol. The molecule has 0 bridgehead atoms. The highest BCUT2D eigenvalue weighted by Crippen LogP contribution is 2.12. The number of alkyl carbamates (subject to hydrolysis) is 1. The van der Waals surface area contributed by atoms with Crippen molar-refractivity contribution in [1.82, 2.24) is 21.3 Å². The Labute approximate surface area is 218 Å². The van der Waals surface area contributed by atoms with Crippen molar-refractivity contribution in [2.24, 2.45) is 5.73 Å². The molecule has 0 aliphatic rings. The van der Waals surface area contributed by atoms with Crippen LogP contribution >= 0.6 is 0 Å². The van der Waals surface area contributed by atoms with E-state index in [-0.39, 0.29) is 25.5 Å². The average molecular weight is 521 g/mol. The number of anilines is 1. The number of nitrogens with one attached hydrogen (secondary N) is 5. The molecule has 12 nitrogen and oxygen atoms in total. The largest absolute Gasteiger partial charge is 0.445 e. The second kappa shape index (κ2) is 17.7. The lowest BCUT2D eigenvalue weighted by Crippen LogP contribution is -2.51. The Balaban J connectivity index is 2.66. The van der Waals surface area contributed by atoms with Crippen LogP contribution in [0.4, 0.5) is 15.3 Å². The third-order valence-electron chi connectivity index (χ3n) is 5.18. The smallest absolute Gasteiger partial charge is 0.407 e. The molecule has 7 N–H and O–H groups in total. The lowest BCUT2D eigenvalue weighted by molar-refractivity contribution is -0.127. The van der Waals surface area contributed by atoms with E-state index in [0.29, 0.717) is 43.9 Å². The number of nitrogens with two attached hydrogens (primary N) is 1. The summed E-state index contributed by atoms with van der Waals surface area (Å²) in [6, 6.07) is 4.63. The van der Waals surface area contributed by atoms with Gasteiger partial charge in [0.15, 0.2) is 0 Å². The summed E-state index contributed by atoms with van der Waals surface area (Å²) in [5, 5.41) is 13.5. The molecule has 1 aromatic rings. The van der Waals surface area contributed by atoms with Gasteiger partial charge in [0.25, 0.3) is 0 Å². The summed E-state index contributed by atoms with van der Waals surface area (Å²) in [5.41, 5.74) is 6.93. The van der Waals surface area contributed by atoms with Crippen molar-refractivity contribution in [3.63, 3.8) is 0 Å². The molecule has 12 heteroatoms. The van der Waals surface area contributed by atoms with E-state index in [1.165, 1.54) is 0 Å². The molecule has 0 fully saturated rings. The van der Waals surface area contributed by atoms with E-state index in [2.05, 4.69) is 33.2 Å². The molecule has 1 rings (SSSR count). The predicted octanol–water partition coefficient (Wildman–Crippen LogP) is 1.38. The van der Waals surface area contributed by atoms with E-state index in [1.807, 2.05) is 6.92 Å². The number of ether oxygens (including phenoxy) is 2. The van der Waals surface area contributed by atoms with E-state index >= 15 is 0 Å². The van der Waals surface area contributed by atoms with Crippen LogP contribution in [0, 0.1) is 0 Å². The first-order chi connectivity index (χ1) is 17.7. The van der Waals surface area contributed by atoms with Crippen molar-refractivity contribution in [2.45, 2.75) is 51.8 Å². The molecular formula is C25H40N6O6. The first kappa shape index (κ1) is 31.4. The number of benzene rings is 1. The van der Waals surface area contributed by atoms with Gasteiger partial charge in [-0.15, -0.1) is 0 Å². The minimum absolute atomic E-state index is 0.0728. The molecule has 1 aromatic carbocycles. The second-order valence-corrected chi connectivity index (χ2v) is 8.30. The number of amides is 5. The number of likely N-dealkylation sites (N-methyl/N-ethyl adjacent to an activating group) is 1. The van der Waals surface area contributed by atoms with Gasteiger partial charge in [0.05, 0.1) is 0 Å². The van der Waals surface area contributed by atoms with Gasteiger partial charge in [-0.3, -0.25) is 9.59 Å². The Bertz CT molecular complexity index is 892. The fraction of sp³-hybridized carbons (Fsp3) is 0.520. The Morgan fingerprint density at radius 2 is 1.70 bits per heavy atom. The molecule has 5 amide bonds. The van der Waals surface area contributed by atoms with Crippen LogP contribution < -0.4 is 32.3 Å². The van der Waals surface area contributed by atoms with E-state index in [0.717, 1.165) is 5.56 Å². The zero-order valence-electron chi connectivity index (χ0n) is 21.9. The minimum Gasteiger partial charge on any atom is -0.445 e. The van der Waals surface area contributed by atoms with Gasteiger partial charge in [-0.2, -0.15) is 0 Å². The first-order valence-corrected chi connectivity index (χ1v) is 12.2. The Morgan fingerprint density at radius 3 is 2.30 bits per heavy atom. The Hall–Kier alpha value is -3.64. The molecule has 0 saturated heterocycles. The molecule has 0 aliphatic carbocycles. The second-order valence-electron chi connectivity index (χ2n) is 8.30. The monoisotopic (exact) mass is 520 g/mol. The van der Waals surface area contributed by atoms with Crippen molar-refractivity contribution >= 4 is 29.6 Å². The fourth-order valence-electron chi connectivity index (χ4n) is 3.27. The van der Waals surface area contributed by atoms with Gasteiger partial charge in [-0.25, -0.2) is 9.59 Å². The van der Waals surface area contributed by atoms with E-state index in [1.54, 1.807) is 38.2 Å². The number of hydrogen-bond donors (Lipinski definition) is 6. The van der Waals surface area contributed by atoms with Crippen LogP contribution in [-0.2, 0) is 25.7 Å². The molecule has 0 aromatic heterocycles. The lowest BCUT2D eigenvalue weighted by Gasteiger charge is -2.22. The summed E-state index contributed by atoms with van der Waals surface area (Å²) in [6.45, 7) is 9.42.